The fraction of sp³-hybridized carbons (Fsp3) is 0.594. The van der Waals surface area contributed by atoms with Crippen molar-refractivity contribution in [3.05, 3.63) is 61.2 Å². The molecule has 7 atom stereocenters. The number of hydrogen-bond acceptors (Lipinski definition) is 5. The number of aliphatic hydroxyl groups excluding tert-OH is 1. The number of benzene rings is 1. The van der Waals surface area contributed by atoms with E-state index in [-0.39, 0.29) is 30.4 Å². The Balaban J connectivity index is 1.83. The molecule has 1 aromatic rings. The van der Waals surface area contributed by atoms with Crippen molar-refractivity contribution in [2.45, 2.75) is 80.5 Å². The highest BCUT2D eigenvalue weighted by atomic mass is 32.2. The van der Waals surface area contributed by atoms with Gasteiger partial charge in [-0.2, -0.15) is 0 Å². The molecule has 3 aliphatic rings. The molecule has 3 saturated heterocycles. The SMILES string of the molecule is C=CCN(C)C(=O)[C@H]1[C@H]2C(=O)N([C@@H](CO)Cc3ccccc3)C(C(=O)N(CC=C)C(C)CCC)C23CC[C@]1(C)S3. The molecule has 40 heavy (non-hydrogen) atoms. The average molecular weight is 568 g/mol. The quantitative estimate of drug-likeness (QED) is 0.366. The summed E-state index contributed by atoms with van der Waals surface area (Å²) < 4.78 is -1.17. The van der Waals surface area contributed by atoms with Crippen LogP contribution in [0.2, 0.25) is 0 Å². The molecule has 1 aromatic carbocycles. The van der Waals surface area contributed by atoms with Gasteiger partial charge in [0.05, 0.1) is 29.2 Å². The van der Waals surface area contributed by atoms with Crippen LogP contribution in [0.3, 0.4) is 0 Å². The summed E-state index contributed by atoms with van der Waals surface area (Å²) in [6, 6.07) is 8.39. The second kappa shape index (κ2) is 12.1. The lowest BCUT2D eigenvalue weighted by molar-refractivity contribution is -0.148. The number of likely N-dealkylation sites (tertiary alicyclic amines) is 1. The average Bonchev–Trinajstić information content (AvgIpc) is 3.51. The van der Waals surface area contributed by atoms with Crippen LogP contribution in [0, 0.1) is 11.8 Å². The molecule has 3 unspecified atom stereocenters. The van der Waals surface area contributed by atoms with Crippen molar-refractivity contribution in [3.63, 3.8) is 0 Å². The third-order valence-electron chi connectivity index (χ3n) is 9.26. The van der Waals surface area contributed by atoms with Crippen molar-refractivity contribution in [2.75, 3.05) is 26.7 Å². The standard InChI is InChI=1S/C32H45N3O4S/c1-7-13-22(4)34(19-9-3)30(39)27-32-17-16-31(5,40-32)25(28(37)33(6)18-8-2)26(32)29(38)35(27)24(21-36)20-23-14-11-10-12-15-23/h8-12,14-15,22,24-27,36H,2-3,7,13,16-21H2,1,4-6H3/t22?,24-,25-,26+,27?,31+,32?/m1/s1. The van der Waals surface area contributed by atoms with Gasteiger partial charge in [0.15, 0.2) is 0 Å². The molecule has 7 nitrogen and oxygen atoms in total. The molecule has 3 fully saturated rings. The summed E-state index contributed by atoms with van der Waals surface area (Å²) in [5, 5.41) is 10.7. The summed E-state index contributed by atoms with van der Waals surface area (Å²) in [7, 11) is 1.75. The lowest BCUT2D eigenvalue weighted by atomic mass is 9.66. The van der Waals surface area contributed by atoms with E-state index in [4.69, 9.17) is 0 Å². The maximum absolute atomic E-state index is 14.7. The first-order valence-corrected chi connectivity index (χ1v) is 15.4. The Bertz CT molecular complexity index is 1130. The number of likely N-dealkylation sites (N-methyl/N-ethyl adjacent to an activating group) is 1. The van der Waals surface area contributed by atoms with Crippen LogP contribution < -0.4 is 0 Å². The highest BCUT2D eigenvalue weighted by Crippen LogP contribution is 2.72. The summed E-state index contributed by atoms with van der Waals surface area (Å²) >= 11 is 1.67. The molecular weight excluding hydrogens is 522 g/mol. The zero-order valence-electron chi connectivity index (χ0n) is 24.4. The van der Waals surface area contributed by atoms with Crippen LogP contribution in [-0.2, 0) is 20.8 Å². The molecule has 0 saturated carbocycles. The summed E-state index contributed by atoms with van der Waals surface area (Å²) in [5.74, 6) is -1.53. The molecule has 0 aromatic heterocycles. The van der Waals surface area contributed by atoms with Gasteiger partial charge in [-0.25, -0.2) is 0 Å². The highest BCUT2D eigenvalue weighted by Gasteiger charge is 2.78. The summed E-state index contributed by atoms with van der Waals surface area (Å²) in [6.07, 6.45) is 7.06. The minimum atomic E-state index is -0.764. The number of fused-ring (bicyclic) bond motifs is 1. The first-order valence-electron chi connectivity index (χ1n) is 14.5. The van der Waals surface area contributed by atoms with E-state index in [0.717, 1.165) is 24.8 Å². The van der Waals surface area contributed by atoms with Crippen LogP contribution in [0.25, 0.3) is 0 Å². The van der Waals surface area contributed by atoms with Gasteiger partial charge in [-0.15, -0.1) is 24.9 Å². The second-order valence-corrected chi connectivity index (χ2v) is 13.8. The van der Waals surface area contributed by atoms with Crippen LogP contribution in [0.5, 0.6) is 0 Å². The zero-order chi connectivity index (χ0) is 29.2. The van der Waals surface area contributed by atoms with Crippen LogP contribution in [0.15, 0.2) is 55.6 Å². The van der Waals surface area contributed by atoms with E-state index < -0.39 is 33.4 Å². The van der Waals surface area contributed by atoms with Crippen LogP contribution in [0.4, 0.5) is 0 Å². The smallest absolute Gasteiger partial charge is 0.247 e. The predicted octanol–water partition coefficient (Wildman–Crippen LogP) is 3.92. The van der Waals surface area contributed by atoms with Crippen molar-refractivity contribution < 1.29 is 19.5 Å². The molecular formula is C32H45N3O4S. The molecule has 4 rings (SSSR count). The Morgan fingerprint density at radius 3 is 2.45 bits per heavy atom. The predicted molar refractivity (Wildman–Crippen MR) is 161 cm³/mol. The second-order valence-electron chi connectivity index (χ2n) is 11.9. The van der Waals surface area contributed by atoms with Gasteiger partial charge in [0, 0.05) is 30.9 Å². The number of aliphatic hydroxyl groups is 1. The topological polar surface area (TPSA) is 81.2 Å². The molecule has 218 valence electrons. The van der Waals surface area contributed by atoms with Crippen molar-refractivity contribution >= 4 is 29.5 Å². The number of carbonyl (C=O) groups excluding carboxylic acids is 3. The van der Waals surface area contributed by atoms with Crippen molar-refractivity contribution in [2.24, 2.45) is 11.8 Å². The van der Waals surface area contributed by atoms with Gasteiger partial charge >= 0.3 is 0 Å². The number of rotatable bonds is 13. The van der Waals surface area contributed by atoms with Crippen LogP contribution in [-0.4, -0.2) is 91.9 Å². The van der Waals surface area contributed by atoms with Gasteiger partial charge in [0.25, 0.3) is 0 Å². The minimum absolute atomic E-state index is 0.0278. The fourth-order valence-electron chi connectivity index (χ4n) is 7.43. The lowest BCUT2D eigenvalue weighted by Gasteiger charge is -2.41. The van der Waals surface area contributed by atoms with Crippen molar-refractivity contribution in [1.29, 1.82) is 0 Å². The van der Waals surface area contributed by atoms with Crippen molar-refractivity contribution in [3.8, 4) is 0 Å². The Morgan fingerprint density at radius 2 is 1.85 bits per heavy atom. The zero-order valence-corrected chi connectivity index (χ0v) is 25.2. The van der Waals surface area contributed by atoms with E-state index in [1.54, 1.807) is 40.8 Å². The van der Waals surface area contributed by atoms with E-state index in [2.05, 4.69) is 27.0 Å². The van der Waals surface area contributed by atoms with Crippen LogP contribution >= 0.6 is 11.8 Å². The monoisotopic (exact) mass is 567 g/mol. The molecule has 3 amide bonds. The third kappa shape index (κ3) is 5.02. The summed E-state index contributed by atoms with van der Waals surface area (Å²) in [5.41, 5.74) is 0.986. The molecule has 2 bridgehead atoms. The van der Waals surface area contributed by atoms with Crippen LogP contribution in [0.1, 0.15) is 52.0 Å². The number of hydrogen-bond donors (Lipinski definition) is 1. The molecule has 3 aliphatic heterocycles. The number of thioether (sulfide) groups is 1. The summed E-state index contributed by atoms with van der Waals surface area (Å²) in [6.45, 7) is 14.4. The van der Waals surface area contributed by atoms with E-state index in [1.807, 2.05) is 42.2 Å². The van der Waals surface area contributed by atoms with E-state index in [0.29, 0.717) is 25.9 Å². The Hall–Kier alpha value is -2.58. The Labute approximate surface area is 243 Å². The van der Waals surface area contributed by atoms with E-state index in [9.17, 15) is 19.5 Å². The lowest BCUT2D eigenvalue weighted by Crippen LogP contribution is -2.59. The largest absolute Gasteiger partial charge is 0.394 e. The molecule has 0 radical (unpaired) electrons. The molecule has 3 heterocycles. The molecule has 1 N–H and O–H groups in total. The Morgan fingerprint density at radius 1 is 1.18 bits per heavy atom. The molecule has 8 heteroatoms. The first kappa shape index (κ1) is 30.4. The van der Waals surface area contributed by atoms with Gasteiger partial charge in [0.2, 0.25) is 17.7 Å². The van der Waals surface area contributed by atoms with Gasteiger partial charge < -0.3 is 19.8 Å². The van der Waals surface area contributed by atoms with Gasteiger partial charge in [-0.3, -0.25) is 14.4 Å². The number of nitrogens with zero attached hydrogens (tertiary/aromatic N) is 3. The molecule has 1 spiro atoms. The van der Waals surface area contributed by atoms with Gasteiger partial charge in [0.1, 0.15) is 6.04 Å². The maximum Gasteiger partial charge on any atom is 0.247 e. The van der Waals surface area contributed by atoms with E-state index in [1.165, 1.54) is 0 Å². The van der Waals surface area contributed by atoms with Crippen molar-refractivity contribution in [1.82, 2.24) is 14.7 Å². The maximum atomic E-state index is 14.7. The third-order valence-corrected chi connectivity index (χ3v) is 11.2. The number of carbonyl (C=O) groups is 3. The Kier molecular flexibility index (Phi) is 9.20. The fourth-order valence-corrected chi connectivity index (χ4v) is 9.76. The van der Waals surface area contributed by atoms with Gasteiger partial charge in [-0.05, 0) is 45.1 Å². The normalized spacial score (nSPS) is 30.1. The van der Waals surface area contributed by atoms with Gasteiger partial charge in [-0.1, -0.05) is 55.8 Å². The summed E-state index contributed by atoms with van der Waals surface area (Å²) in [4.78, 5) is 48.4. The van der Waals surface area contributed by atoms with E-state index >= 15 is 0 Å². The highest BCUT2D eigenvalue weighted by molar-refractivity contribution is 8.02. The molecule has 0 aliphatic carbocycles. The minimum Gasteiger partial charge on any atom is -0.394 e. The first-order chi connectivity index (χ1) is 19.1. The number of amides is 3.